The molecule has 0 saturated carbocycles. The number of nitrogens with one attached hydrogen (secondary N) is 1. The number of aromatic nitrogens is 2. The Bertz CT molecular complexity index is 895. The van der Waals surface area contributed by atoms with Gasteiger partial charge in [0, 0.05) is 25.3 Å². The maximum atomic E-state index is 13.2. The molecule has 0 bridgehead atoms. The van der Waals surface area contributed by atoms with Crippen LogP contribution < -0.4 is 5.32 Å². The number of fused-ring (bicyclic) bond motifs is 1. The standard InChI is InChI=1S/C23H32N4O2/c1-5-12-26(13-6-2)23(29)20-19-9-7-8-14-27(19)21(25-20)22(28)24-18-11-10-16(3)15-17(18)4/h10-11,15H,5-9,12-14H2,1-4H3,(H,24,28). The minimum atomic E-state index is -0.253. The molecule has 0 radical (unpaired) electrons. The van der Waals surface area contributed by atoms with Crippen molar-refractivity contribution in [1.82, 2.24) is 14.5 Å². The van der Waals surface area contributed by atoms with Gasteiger partial charge in [-0.15, -0.1) is 0 Å². The molecule has 6 nitrogen and oxygen atoms in total. The number of aryl methyl sites for hydroxylation is 2. The van der Waals surface area contributed by atoms with Crippen molar-refractivity contribution in [3.8, 4) is 0 Å². The SMILES string of the molecule is CCCN(CCC)C(=O)c1nc(C(=O)Nc2ccc(C)cc2C)n2c1CCCC2. The molecule has 156 valence electrons. The van der Waals surface area contributed by atoms with E-state index in [2.05, 4.69) is 24.1 Å². The zero-order valence-electron chi connectivity index (χ0n) is 18.0. The number of rotatable bonds is 7. The third kappa shape index (κ3) is 4.52. The van der Waals surface area contributed by atoms with E-state index in [0.29, 0.717) is 24.6 Å². The summed E-state index contributed by atoms with van der Waals surface area (Å²) < 4.78 is 1.95. The van der Waals surface area contributed by atoms with Gasteiger partial charge in [0.15, 0.2) is 5.82 Å². The average molecular weight is 397 g/mol. The fraction of sp³-hybridized carbons (Fsp3) is 0.522. The van der Waals surface area contributed by atoms with Crippen molar-refractivity contribution in [1.29, 1.82) is 0 Å². The molecule has 0 atom stereocenters. The normalized spacial score (nSPS) is 13.1. The molecule has 1 aromatic heterocycles. The first-order chi connectivity index (χ1) is 14.0. The molecule has 0 aliphatic carbocycles. The second-order valence-corrected chi connectivity index (χ2v) is 7.90. The van der Waals surface area contributed by atoms with Gasteiger partial charge in [-0.25, -0.2) is 4.98 Å². The van der Waals surface area contributed by atoms with Crippen molar-refractivity contribution < 1.29 is 9.59 Å². The molecule has 2 amide bonds. The average Bonchev–Trinajstić information content (AvgIpc) is 3.09. The number of benzene rings is 1. The maximum Gasteiger partial charge on any atom is 0.291 e. The molecular formula is C23H32N4O2. The number of amides is 2. The van der Waals surface area contributed by atoms with Crippen LogP contribution in [0.4, 0.5) is 5.69 Å². The minimum absolute atomic E-state index is 0.0510. The van der Waals surface area contributed by atoms with Crippen LogP contribution in [0.15, 0.2) is 18.2 Å². The Morgan fingerprint density at radius 3 is 2.52 bits per heavy atom. The summed E-state index contributed by atoms with van der Waals surface area (Å²) in [6, 6.07) is 5.93. The van der Waals surface area contributed by atoms with Crippen LogP contribution in [-0.2, 0) is 13.0 Å². The molecule has 0 spiro atoms. The van der Waals surface area contributed by atoms with Crippen LogP contribution in [0.3, 0.4) is 0 Å². The molecule has 2 heterocycles. The highest BCUT2D eigenvalue weighted by Crippen LogP contribution is 2.24. The van der Waals surface area contributed by atoms with Crippen LogP contribution in [0.25, 0.3) is 0 Å². The predicted octanol–water partition coefficient (Wildman–Crippen LogP) is 4.35. The fourth-order valence-corrected chi connectivity index (χ4v) is 4.02. The predicted molar refractivity (Wildman–Crippen MR) is 116 cm³/mol. The highest BCUT2D eigenvalue weighted by molar-refractivity contribution is 6.04. The Hall–Kier alpha value is -2.63. The topological polar surface area (TPSA) is 67.2 Å². The van der Waals surface area contributed by atoms with E-state index in [1.54, 1.807) is 0 Å². The number of imidazole rings is 1. The molecular weight excluding hydrogens is 364 g/mol. The summed E-state index contributed by atoms with van der Waals surface area (Å²) in [7, 11) is 0. The zero-order valence-corrected chi connectivity index (χ0v) is 18.0. The Morgan fingerprint density at radius 2 is 1.86 bits per heavy atom. The Morgan fingerprint density at radius 1 is 1.14 bits per heavy atom. The molecule has 1 aliphatic rings. The lowest BCUT2D eigenvalue weighted by Gasteiger charge is -2.22. The second-order valence-electron chi connectivity index (χ2n) is 7.90. The number of carbonyl (C=O) groups excluding carboxylic acids is 2. The highest BCUT2D eigenvalue weighted by Gasteiger charge is 2.29. The monoisotopic (exact) mass is 396 g/mol. The lowest BCUT2D eigenvalue weighted by molar-refractivity contribution is 0.0748. The molecule has 1 N–H and O–H groups in total. The van der Waals surface area contributed by atoms with Crippen molar-refractivity contribution >= 4 is 17.5 Å². The Kier molecular flexibility index (Phi) is 6.72. The summed E-state index contributed by atoms with van der Waals surface area (Å²) in [4.78, 5) is 32.7. The van der Waals surface area contributed by atoms with E-state index in [0.717, 1.165) is 61.2 Å². The van der Waals surface area contributed by atoms with E-state index < -0.39 is 0 Å². The first-order valence-electron chi connectivity index (χ1n) is 10.7. The van der Waals surface area contributed by atoms with Gasteiger partial charge in [0.1, 0.15) is 5.69 Å². The van der Waals surface area contributed by atoms with E-state index in [-0.39, 0.29) is 11.8 Å². The molecule has 1 aliphatic heterocycles. The van der Waals surface area contributed by atoms with Gasteiger partial charge in [-0.2, -0.15) is 0 Å². The smallest absolute Gasteiger partial charge is 0.291 e. The largest absolute Gasteiger partial charge is 0.337 e. The van der Waals surface area contributed by atoms with Crippen LogP contribution in [0.1, 0.15) is 77.5 Å². The quantitative estimate of drug-likeness (QED) is 0.756. The van der Waals surface area contributed by atoms with Crippen molar-refractivity contribution in [2.45, 2.75) is 66.3 Å². The second kappa shape index (κ2) is 9.25. The highest BCUT2D eigenvalue weighted by atomic mass is 16.2. The van der Waals surface area contributed by atoms with Gasteiger partial charge >= 0.3 is 0 Å². The molecule has 1 aromatic carbocycles. The summed E-state index contributed by atoms with van der Waals surface area (Å²) in [5.41, 5.74) is 4.30. The number of nitrogens with zero attached hydrogens (tertiary/aromatic N) is 3. The molecule has 29 heavy (non-hydrogen) atoms. The first kappa shape index (κ1) is 21.1. The lowest BCUT2D eigenvalue weighted by atomic mass is 10.1. The molecule has 0 unspecified atom stereocenters. The fourth-order valence-electron chi connectivity index (χ4n) is 4.02. The van der Waals surface area contributed by atoms with Gasteiger partial charge in [-0.3, -0.25) is 9.59 Å². The molecule has 3 rings (SSSR count). The van der Waals surface area contributed by atoms with Crippen molar-refractivity contribution in [2.75, 3.05) is 18.4 Å². The molecule has 0 fully saturated rings. The zero-order chi connectivity index (χ0) is 21.0. The summed E-state index contributed by atoms with van der Waals surface area (Å²) in [6.45, 7) is 10.3. The van der Waals surface area contributed by atoms with E-state index in [9.17, 15) is 9.59 Å². The summed E-state index contributed by atoms with van der Waals surface area (Å²) in [5.74, 6) is 0.0394. The summed E-state index contributed by atoms with van der Waals surface area (Å²) in [6.07, 6.45) is 4.61. The van der Waals surface area contributed by atoms with Crippen molar-refractivity contribution in [3.05, 3.63) is 46.5 Å². The third-order valence-electron chi connectivity index (χ3n) is 5.43. The Labute approximate surface area is 173 Å². The van der Waals surface area contributed by atoms with Crippen molar-refractivity contribution in [3.63, 3.8) is 0 Å². The first-order valence-corrected chi connectivity index (χ1v) is 10.7. The number of hydrogen-bond donors (Lipinski definition) is 1. The summed E-state index contributed by atoms with van der Waals surface area (Å²) in [5, 5.41) is 2.99. The van der Waals surface area contributed by atoms with E-state index in [1.807, 2.05) is 41.5 Å². The van der Waals surface area contributed by atoms with Gasteiger partial charge in [0.25, 0.3) is 11.8 Å². The number of anilines is 1. The van der Waals surface area contributed by atoms with Gasteiger partial charge < -0.3 is 14.8 Å². The minimum Gasteiger partial charge on any atom is -0.337 e. The van der Waals surface area contributed by atoms with Gasteiger partial charge in [0.2, 0.25) is 0 Å². The van der Waals surface area contributed by atoms with E-state index >= 15 is 0 Å². The van der Waals surface area contributed by atoms with Crippen molar-refractivity contribution in [2.24, 2.45) is 0 Å². The van der Waals surface area contributed by atoms with Crippen LogP contribution in [-0.4, -0.2) is 39.4 Å². The maximum absolute atomic E-state index is 13.2. The van der Waals surface area contributed by atoms with E-state index in [4.69, 9.17) is 0 Å². The molecule has 2 aromatic rings. The lowest BCUT2D eigenvalue weighted by Crippen LogP contribution is -2.33. The van der Waals surface area contributed by atoms with Crippen LogP contribution >= 0.6 is 0 Å². The van der Waals surface area contributed by atoms with Gasteiger partial charge in [-0.1, -0.05) is 31.5 Å². The van der Waals surface area contributed by atoms with Gasteiger partial charge in [0.05, 0.1) is 5.69 Å². The Balaban J connectivity index is 1.93. The number of hydrogen-bond acceptors (Lipinski definition) is 3. The molecule has 0 saturated heterocycles. The van der Waals surface area contributed by atoms with Crippen LogP contribution in [0.5, 0.6) is 0 Å². The third-order valence-corrected chi connectivity index (χ3v) is 5.43. The summed E-state index contributed by atoms with van der Waals surface area (Å²) >= 11 is 0. The van der Waals surface area contributed by atoms with E-state index in [1.165, 1.54) is 0 Å². The van der Waals surface area contributed by atoms with Crippen LogP contribution in [0.2, 0.25) is 0 Å². The number of carbonyl (C=O) groups is 2. The van der Waals surface area contributed by atoms with Gasteiger partial charge in [-0.05, 0) is 57.6 Å². The van der Waals surface area contributed by atoms with Crippen LogP contribution in [0, 0.1) is 13.8 Å². The molecule has 6 heteroatoms.